The van der Waals surface area contributed by atoms with Crippen LogP contribution in [0.15, 0.2) is 66.7 Å². The molecule has 0 spiro atoms. The molecule has 0 aliphatic carbocycles. The van der Waals surface area contributed by atoms with Crippen LogP contribution in [0.25, 0.3) is 21.9 Å². The van der Waals surface area contributed by atoms with E-state index in [9.17, 15) is 4.79 Å². The Morgan fingerprint density at radius 3 is 2.64 bits per heavy atom. The third-order valence-corrected chi connectivity index (χ3v) is 4.79. The number of nitrogens with one attached hydrogen (secondary N) is 2. The van der Waals surface area contributed by atoms with Gasteiger partial charge in [-0.2, -0.15) is 0 Å². The predicted octanol–water partition coefficient (Wildman–Crippen LogP) is 3.93. The van der Waals surface area contributed by atoms with E-state index in [1.807, 2.05) is 24.3 Å². The van der Waals surface area contributed by atoms with Gasteiger partial charge in [0, 0.05) is 7.05 Å². The molecule has 124 valence electrons. The number of amides is 1. The summed E-state index contributed by atoms with van der Waals surface area (Å²) in [6.07, 6.45) is 0.359. The van der Waals surface area contributed by atoms with E-state index in [0.717, 1.165) is 11.1 Å². The molecule has 4 rings (SSSR count). The Morgan fingerprint density at radius 2 is 1.80 bits per heavy atom. The summed E-state index contributed by atoms with van der Waals surface area (Å²) in [5.41, 5.74) is 3.32. The molecule has 0 radical (unpaired) electrons. The van der Waals surface area contributed by atoms with Crippen LogP contribution in [0.4, 0.5) is 0 Å². The molecule has 1 fully saturated rings. The highest BCUT2D eigenvalue weighted by Gasteiger charge is 2.27. The molecule has 1 saturated heterocycles. The standard InChI is InChI=1S/C21H19N3O/c1-24-20(25)13-19(23-21(24)22)16-9-4-8-15(12-16)18-11-5-7-14-6-2-3-10-17(14)18/h2-12,19H,13H2,1H3,(H2,22,23)/t19-/m0/s1. The summed E-state index contributed by atoms with van der Waals surface area (Å²) in [5, 5.41) is 13.5. The summed E-state index contributed by atoms with van der Waals surface area (Å²) in [6, 6.07) is 22.7. The molecule has 0 saturated carbocycles. The highest BCUT2D eigenvalue weighted by molar-refractivity contribution is 5.99. The molecule has 3 aromatic carbocycles. The topological polar surface area (TPSA) is 56.2 Å². The molecule has 1 heterocycles. The highest BCUT2D eigenvalue weighted by atomic mass is 16.2. The summed E-state index contributed by atoms with van der Waals surface area (Å²) < 4.78 is 0. The maximum absolute atomic E-state index is 12.1. The van der Waals surface area contributed by atoms with Crippen molar-refractivity contribution in [3.8, 4) is 11.1 Å². The summed E-state index contributed by atoms with van der Waals surface area (Å²) in [4.78, 5) is 13.4. The largest absolute Gasteiger partial charge is 0.349 e. The average Bonchev–Trinajstić information content (AvgIpc) is 2.65. The molecule has 0 unspecified atom stereocenters. The normalized spacial score (nSPS) is 17.6. The fourth-order valence-corrected chi connectivity index (χ4v) is 3.35. The lowest BCUT2D eigenvalue weighted by Gasteiger charge is -2.31. The molecule has 4 nitrogen and oxygen atoms in total. The Labute approximate surface area is 146 Å². The molecule has 1 aliphatic rings. The van der Waals surface area contributed by atoms with Crippen molar-refractivity contribution in [3.05, 3.63) is 72.3 Å². The van der Waals surface area contributed by atoms with E-state index in [4.69, 9.17) is 5.41 Å². The van der Waals surface area contributed by atoms with Crippen molar-refractivity contribution in [2.45, 2.75) is 12.5 Å². The maximum atomic E-state index is 12.1. The van der Waals surface area contributed by atoms with Gasteiger partial charge in [0.2, 0.25) is 5.91 Å². The van der Waals surface area contributed by atoms with Crippen molar-refractivity contribution >= 4 is 22.6 Å². The van der Waals surface area contributed by atoms with Crippen LogP contribution in [0.1, 0.15) is 18.0 Å². The molecule has 1 atom stereocenters. The number of carbonyl (C=O) groups is 1. The predicted molar refractivity (Wildman–Crippen MR) is 100 cm³/mol. The molecule has 25 heavy (non-hydrogen) atoms. The fraction of sp³-hybridized carbons (Fsp3) is 0.143. The van der Waals surface area contributed by atoms with Gasteiger partial charge in [-0.15, -0.1) is 0 Å². The van der Waals surface area contributed by atoms with Crippen LogP contribution >= 0.6 is 0 Å². The van der Waals surface area contributed by atoms with Crippen molar-refractivity contribution in [1.29, 1.82) is 5.41 Å². The second-order valence-electron chi connectivity index (χ2n) is 6.35. The first-order valence-electron chi connectivity index (χ1n) is 8.33. The van der Waals surface area contributed by atoms with Crippen LogP contribution < -0.4 is 5.32 Å². The third-order valence-electron chi connectivity index (χ3n) is 4.79. The van der Waals surface area contributed by atoms with Crippen LogP contribution in [-0.4, -0.2) is 23.8 Å². The van der Waals surface area contributed by atoms with Gasteiger partial charge in [0.1, 0.15) is 0 Å². The minimum absolute atomic E-state index is 0.0377. The zero-order chi connectivity index (χ0) is 17.4. The van der Waals surface area contributed by atoms with Gasteiger partial charge in [0.05, 0.1) is 12.5 Å². The molecule has 1 amide bonds. The van der Waals surface area contributed by atoms with Gasteiger partial charge in [-0.1, -0.05) is 60.7 Å². The van der Waals surface area contributed by atoms with E-state index < -0.39 is 0 Å². The zero-order valence-corrected chi connectivity index (χ0v) is 14.0. The number of carbonyl (C=O) groups excluding carboxylic acids is 1. The summed E-state index contributed by atoms with van der Waals surface area (Å²) in [6.45, 7) is 0. The van der Waals surface area contributed by atoms with Crippen molar-refractivity contribution in [1.82, 2.24) is 10.2 Å². The van der Waals surface area contributed by atoms with Crippen LogP contribution in [0.5, 0.6) is 0 Å². The number of benzene rings is 3. The van der Waals surface area contributed by atoms with Crippen molar-refractivity contribution in [2.24, 2.45) is 0 Å². The van der Waals surface area contributed by atoms with Crippen molar-refractivity contribution in [2.75, 3.05) is 7.05 Å². The van der Waals surface area contributed by atoms with Gasteiger partial charge in [-0.05, 0) is 33.5 Å². The third kappa shape index (κ3) is 2.76. The first-order chi connectivity index (χ1) is 12.1. The molecule has 1 aliphatic heterocycles. The fourth-order valence-electron chi connectivity index (χ4n) is 3.35. The van der Waals surface area contributed by atoms with E-state index in [1.54, 1.807) is 7.05 Å². The molecular weight excluding hydrogens is 310 g/mol. The number of hydrogen-bond acceptors (Lipinski definition) is 2. The van der Waals surface area contributed by atoms with Crippen LogP contribution in [0.2, 0.25) is 0 Å². The molecule has 4 heteroatoms. The van der Waals surface area contributed by atoms with Gasteiger partial charge >= 0.3 is 0 Å². The Morgan fingerprint density at radius 1 is 1.04 bits per heavy atom. The molecular formula is C21H19N3O. The highest BCUT2D eigenvalue weighted by Crippen LogP contribution is 2.31. The number of hydrogen-bond donors (Lipinski definition) is 2. The lowest BCUT2D eigenvalue weighted by molar-refractivity contribution is -0.128. The quantitative estimate of drug-likeness (QED) is 0.748. The van der Waals surface area contributed by atoms with E-state index in [1.165, 1.54) is 21.2 Å². The minimum atomic E-state index is -0.161. The molecule has 0 aromatic heterocycles. The Bertz CT molecular complexity index is 956. The monoisotopic (exact) mass is 329 g/mol. The van der Waals surface area contributed by atoms with E-state index in [-0.39, 0.29) is 17.9 Å². The maximum Gasteiger partial charge on any atom is 0.231 e. The van der Waals surface area contributed by atoms with Gasteiger partial charge in [0.15, 0.2) is 5.96 Å². The van der Waals surface area contributed by atoms with Crippen LogP contribution in [0, 0.1) is 5.41 Å². The van der Waals surface area contributed by atoms with Gasteiger partial charge < -0.3 is 5.32 Å². The van der Waals surface area contributed by atoms with Crippen molar-refractivity contribution in [3.63, 3.8) is 0 Å². The number of rotatable bonds is 2. The molecule has 2 N–H and O–H groups in total. The van der Waals surface area contributed by atoms with Crippen LogP contribution in [-0.2, 0) is 4.79 Å². The van der Waals surface area contributed by atoms with Gasteiger partial charge in [-0.3, -0.25) is 15.1 Å². The second-order valence-corrected chi connectivity index (χ2v) is 6.35. The van der Waals surface area contributed by atoms with Gasteiger partial charge in [0.25, 0.3) is 0 Å². The summed E-state index contributed by atoms with van der Waals surface area (Å²) in [5.74, 6) is 0.112. The summed E-state index contributed by atoms with van der Waals surface area (Å²) >= 11 is 0. The first kappa shape index (κ1) is 15.4. The smallest absolute Gasteiger partial charge is 0.231 e. The lowest BCUT2D eigenvalue weighted by atomic mass is 9.94. The number of fused-ring (bicyclic) bond motifs is 1. The van der Waals surface area contributed by atoms with Crippen LogP contribution in [0.3, 0.4) is 0 Å². The number of nitrogens with zero attached hydrogens (tertiary/aromatic N) is 1. The molecule has 3 aromatic rings. The second kappa shape index (κ2) is 6.06. The Kier molecular flexibility index (Phi) is 3.73. The first-order valence-corrected chi connectivity index (χ1v) is 8.33. The van der Waals surface area contributed by atoms with Gasteiger partial charge in [-0.25, -0.2) is 0 Å². The SMILES string of the molecule is CN1C(=N)N[C@H](c2cccc(-c3cccc4ccccc34)c2)CC1=O. The Balaban J connectivity index is 1.75. The summed E-state index contributed by atoms with van der Waals surface area (Å²) in [7, 11) is 1.63. The minimum Gasteiger partial charge on any atom is -0.349 e. The zero-order valence-electron chi connectivity index (χ0n) is 14.0. The average molecular weight is 329 g/mol. The van der Waals surface area contributed by atoms with E-state index >= 15 is 0 Å². The van der Waals surface area contributed by atoms with Crippen molar-refractivity contribution < 1.29 is 4.79 Å². The molecule has 0 bridgehead atoms. The lowest BCUT2D eigenvalue weighted by Crippen LogP contribution is -2.49. The number of guanidine groups is 1. The van der Waals surface area contributed by atoms with E-state index in [0.29, 0.717) is 6.42 Å². The van der Waals surface area contributed by atoms with E-state index in [2.05, 4.69) is 47.8 Å². The Hall–Kier alpha value is -3.14.